The third kappa shape index (κ3) is 3.93. The molecule has 0 bridgehead atoms. The zero-order valence-electron chi connectivity index (χ0n) is 8.03. The molecule has 1 aromatic carbocycles. The summed E-state index contributed by atoms with van der Waals surface area (Å²) in [6, 6.07) is 6.72. The second kappa shape index (κ2) is 5.78. The van der Waals surface area contributed by atoms with Crippen molar-refractivity contribution in [2.24, 2.45) is 0 Å². The van der Waals surface area contributed by atoms with Crippen LogP contribution in [0.2, 0.25) is 5.02 Å². The summed E-state index contributed by atoms with van der Waals surface area (Å²) in [5.41, 5.74) is 0. The minimum atomic E-state index is -0.831. The Bertz CT molecular complexity index is 379. The van der Waals surface area contributed by atoms with Gasteiger partial charge in [0.2, 0.25) is 0 Å². The minimum Gasteiger partial charge on any atom is -0.460 e. The topological polar surface area (TPSA) is 43.4 Å². The first-order chi connectivity index (χ1) is 7.13. The van der Waals surface area contributed by atoms with E-state index in [4.69, 9.17) is 11.6 Å². The second-order valence-corrected chi connectivity index (χ2v) is 4.05. The van der Waals surface area contributed by atoms with E-state index in [0.29, 0.717) is 9.92 Å². The van der Waals surface area contributed by atoms with E-state index in [1.54, 1.807) is 31.2 Å². The molecule has 0 radical (unpaired) electrons. The first-order valence-electron chi connectivity index (χ1n) is 4.28. The summed E-state index contributed by atoms with van der Waals surface area (Å²) in [6.07, 6.45) is 0. The van der Waals surface area contributed by atoms with Crippen molar-refractivity contribution in [3.05, 3.63) is 29.3 Å². The highest BCUT2D eigenvalue weighted by atomic mass is 35.5. The molecule has 1 aromatic rings. The quantitative estimate of drug-likeness (QED) is 0.456. The molecule has 0 heterocycles. The average Bonchev–Trinajstić information content (AvgIpc) is 2.18. The molecule has 0 aliphatic rings. The fourth-order valence-electron chi connectivity index (χ4n) is 0.869. The lowest BCUT2D eigenvalue weighted by Gasteiger charge is -2.00. The van der Waals surface area contributed by atoms with Crippen LogP contribution in [-0.4, -0.2) is 17.7 Å². The summed E-state index contributed by atoms with van der Waals surface area (Å²) in [7, 11) is 0. The molecule has 0 N–H and O–H groups in total. The van der Waals surface area contributed by atoms with Gasteiger partial charge >= 0.3 is 11.1 Å². The van der Waals surface area contributed by atoms with E-state index in [1.807, 2.05) is 0 Å². The van der Waals surface area contributed by atoms with E-state index in [2.05, 4.69) is 4.74 Å². The number of carbonyl (C=O) groups is 2. The molecule has 5 heteroatoms. The van der Waals surface area contributed by atoms with Gasteiger partial charge in [-0.05, 0) is 36.9 Å². The number of esters is 1. The molecule has 0 aromatic heterocycles. The monoisotopic (exact) mass is 244 g/mol. The molecule has 0 amide bonds. The number of hydrogen-bond acceptors (Lipinski definition) is 4. The summed E-state index contributed by atoms with van der Waals surface area (Å²) < 4.78 is 4.56. The third-order valence-corrected chi connectivity index (χ3v) is 2.53. The molecule has 15 heavy (non-hydrogen) atoms. The van der Waals surface area contributed by atoms with Crippen LogP contribution in [0, 0.1) is 0 Å². The van der Waals surface area contributed by atoms with Crippen LogP contribution in [0.1, 0.15) is 6.92 Å². The molecule has 0 spiro atoms. The highest BCUT2D eigenvalue weighted by Crippen LogP contribution is 2.22. The van der Waals surface area contributed by atoms with Gasteiger partial charge in [-0.1, -0.05) is 17.7 Å². The van der Waals surface area contributed by atoms with Crippen molar-refractivity contribution in [3.8, 4) is 0 Å². The standard InChI is InChI=1S/C10H9ClO3S/c1-2-14-9(12)10(13)15-8-5-3-4-7(11)6-8/h3-6H,2H2,1H3. The Morgan fingerprint density at radius 1 is 1.47 bits per heavy atom. The molecule has 0 aliphatic carbocycles. The first-order valence-corrected chi connectivity index (χ1v) is 5.47. The van der Waals surface area contributed by atoms with Gasteiger partial charge in [0, 0.05) is 9.92 Å². The molecular formula is C10H9ClO3S. The lowest BCUT2D eigenvalue weighted by molar-refractivity contribution is -0.149. The molecular weight excluding hydrogens is 236 g/mol. The SMILES string of the molecule is CCOC(=O)C(=O)Sc1cccc(Cl)c1. The van der Waals surface area contributed by atoms with E-state index in [0.717, 1.165) is 11.8 Å². The van der Waals surface area contributed by atoms with Gasteiger partial charge in [0.05, 0.1) is 6.61 Å². The number of thioether (sulfide) groups is 1. The van der Waals surface area contributed by atoms with Gasteiger partial charge in [-0.3, -0.25) is 4.79 Å². The Morgan fingerprint density at radius 3 is 2.80 bits per heavy atom. The molecule has 0 unspecified atom stereocenters. The number of halogens is 1. The molecule has 3 nitrogen and oxygen atoms in total. The Kier molecular flexibility index (Phi) is 4.65. The lowest BCUT2D eigenvalue weighted by atomic mass is 10.4. The normalized spacial score (nSPS) is 9.73. The van der Waals surface area contributed by atoms with Crippen LogP contribution in [0.4, 0.5) is 0 Å². The maximum atomic E-state index is 11.3. The van der Waals surface area contributed by atoms with Crippen LogP contribution in [0.3, 0.4) is 0 Å². The van der Waals surface area contributed by atoms with Crippen LogP contribution in [0.15, 0.2) is 29.2 Å². The summed E-state index contributed by atoms with van der Waals surface area (Å²) in [5, 5.41) is -0.115. The summed E-state index contributed by atoms with van der Waals surface area (Å²) >= 11 is 6.54. The summed E-state index contributed by atoms with van der Waals surface area (Å²) in [4.78, 5) is 22.9. The molecule has 0 saturated carbocycles. The lowest BCUT2D eigenvalue weighted by Crippen LogP contribution is -2.13. The van der Waals surface area contributed by atoms with Gasteiger partial charge in [0.25, 0.3) is 0 Å². The van der Waals surface area contributed by atoms with Crippen LogP contribution in [-0.2, 0) is 14.3 Å². The number of carbonyl (C=O) groups excluding carboxylic acids is 2. The van der Waals surface area contributed by atoms with E-state index in [1.165, 1.54) is 0 Å². The van der Waals surface area contributed by atoms with Crippen LogP contribution >= 0.6 is 23.4 Å². The van der Waals surface area contributed by atoms with Crippen molar-refractivity contribution in [1.82, 2.24) is 0 Å². The Hall–Kier alpha value is -1.00. The summed E-state index contributed by atoms with van der Waals surface area (Å²) in [5.74, 6) is -0.831. The van der Waals surface area contributed by atoms with Crippen molar-refractivity contribution in [3.63, 3.8) is 0 Å². The third-order valence-electron chi connectivity index (χ3n) is 1.45. The molecule has 0 aliphatic heterocycles. The predicted molar refractivity (Wildman–Crippen MR) is 58.9 cm³/mol. The van der Waals surface area contributed by atoms with Gasteiger partial charge in [0.1, 0.15) is 0 Å². The Balaban J connectivity index is 2.62. The van der Waals surface area contributed by atoms with Crippen molar-refractivity contribution >= 4 is 34.4 Å². The van der Waals surface area contributed by atoms with Crippen molar-refractivity contribution in [2.75, 3.05) is 6.61 Å². The first kappa shape index (κ1) is 12.1. The fraction of sp³-hybridized carbons (Fsp3) is 0.200. The Labute approximate surface area is 96.8 Å². The van der Waals surface area contributed by atoms with Crippen molar-refractivity contribution in [1.29, 1.82) is 0 Å². The Morgan fingerprint density at radius 2 is 2.20 bits per heavy atom. The molecule has 0 atom stereocenters. The molecule has 1 rings (SSSR count). The molecule has 80 valence electrons. The number of ether oxygens (including phenoxy) is 1. The number of rotatable bonds is 2. The summed E-state index contributed by atoms with van der Waals surface area (Å²) in [6.45, 7) is 1.84. The van der Waals surface area contributed by atoms with Crippen LogP contribution in [0.5, 0.6) is 0 Å². The van der Waals surface area contributed by atoms with E-state index in [9.17, 15) is 9.59 Å². The zero-order chi connectivity index (χ0) is 11.3. The van der Waals surface area contributed by atoms with Crippen molar-refractivity contribution < 1.29 is 14.3 Å². The molecule has 0 saturated heterocycles. The largest absolute Gasteiger partial charge is 0.460 e. The van der Waals surface area contributed by atoms with Gasteiger partial charge in [-0.25, -0.2) is 4.79 Å². The maximum Gasteiger partial charge on any atom is 0.386 e. The van der Waals surface area contributed by atoms with Gasteiger partial charge in [0.15, 0.2) is 0 Å². The van der Waals surface area contributed by atoms with Gasteiger partial charge in [-0.15, -0.1) is 0 Å². The van der Waals surface area contributed by atoms with Crippen molar-refractivity contribution in [2.45, 2.75) is 11.8 Å². The average molecular weight is 245 g/mol. The van der Waals surface area contributed by atoms with E-state index >= 15 is 0 Å². The van der Waals surface area contributed by atoms with E-state index in [-0.39, 0.29) is 6.61 Å². The van der Waals surface area contributed by atoms with Gasteiger partial charge in [-0.2, -0.15) is 0 Å². The van der Waals surface area contributed by atoms with Gasteiger partial charge < -0.3 is 4.74 Å². The van der Waals surface area contributed by atoms with Crippen LogP contribution in [0.25, 0.3) is 0 Å². The molecule has 0 fully saturated rings. The minimum absolute atomic E-state index is 0.195. The second-order valence-electron chi connectivity index (χ2n) is 2.57. The maximum absolute atomic E-state index is 11.3. The van der Waals surface area contributed by atoms with E-state index < -0.39 is 11.1 Å². The smallest absolute Gasteiger partial charge is 0.386 e. The zero-order valence-corrected chi connectivity index (χ0v) is 9.60. The predicted octanol–water partition coefficient (Wildman–Crippen LogP) is 2.52. The number of hydrogen-bond donors (Lipinski definition) is 0. The highest BCUT2D eigenvalue weighted by Gasteiger charge is 2.16. The van der Waals surface area contributed by atoms with Crippen LogP contribution < -0.4 is 0 Å². The number of benzene rings is 1. The highest BCUT2D eigenvalue weighted by molar-refractivity contribution is 8.15. The fourth-order valence-corrected chi connectivity index (χ4v) is 1.81.